The van der Waals surface area contributed by atoms with Gasteiger partial charge in [-0.05, 0) is 36.6 Å². The number of aromatic nitrogens is 5. The summed E-state index contributed by atoms with van der Waals surface area (Å²) in [5, 5.41) is 1.85. The highest BCUT2D eigenvalue weighted by Gasteiger charge is 2.14. The van der Waals surface area contributed by atoms with Crippen LogP contribution in [0.15, 0.2) is 52.8 Å². The summed E-state index contributed by atoms with van der Waals surface area (Å²) in [5.41, 5.74) is 1.48. The molecule has 0 fully saturated rings. The monoisotopic (exact) mass is 413 g/mol. The zero-order valence-electron chi connectivity index (χ0n) is 15.7. The van der Waals surface area contributed by atoms with E-state index in [0.717, 1.165) is 12.1 Å². The van der Waals surface area contributed by atoms with E-state index < -0.39 is 0 Å². The van der Waals surface area contributed by atoms with Crippen molar-refractivity contribution in [1.29, 1.82) is 0 Å². The van der Waals surface area contributed by atoms with Crippen molar-refractivity contribution in [2.45, 2.75) is 37.7 Å². The highest BCUT2D eigenvalue weighted by atomic mass is 35.5. The molecule has 6 nitrogen and oxygen atoms in total. The average molecular weight is 414 g/mol. The van der Waals surface area contributed by atoms with E-state index in [4.69, 9.17) is 16.6 Å². The van der Waals surface area contributed by atoms with Crippen molar-refractivity contribution in [2.24, 2.45) is 5.92 Å². The van der Waals surface area contributed by atoms with Crippen LogP contribution >= 0.6 is 23.4 Å². The van der Waals surface area contributed by atoms with Gasteiger partial charge in [0.05, 0.1) is 16.6 Å². The number of hydrogen-bond donors (Lipinski definition) is 0. The third kappa shape index (κ3) is 3.91. The van der Waals surface area contributed by atoms with Crippen molar-refractivity contribution in [1.82, 2.24) is 23.9 Å². The Balaban J connectivity index is 1.70. The van der Waals surface area contributed by atoms with Gasteiger partial charge in [-0.25, -0.2) is 15.0 Å². The van der Waals surface area contributed by atoms with Crippen molar-refractivity contribution >= 4 is 40.0 Å². The van der Waals surface area contributed by atoms with Crippen LogP contribution in [-0.2, 0) is 12.3 Å². The summed E-state index contributed by atoms with van der Waals surface area (Å²) in [6.07, 6.45) is 6.49. The predicted molar refractivity (Wildman–Crippen MR) is 113 cm³/mol. The van der Waals surface area contributed by atoms with Crippen molar-refractivity contribution in [3.05, 3.63) is 63.9 Å². The van der Waals surface area contributed by atoms with Crippen LogP contribution in [0.2, 0.25) is 5.02 Å². The summed E-state index contributed by atoms with van der Waals surface area (Å²) in [7, 11) is 0. The van der Waals surface area contributed by atoms with Gasteiger partial charge in [0, 0.05) is 35.9 Å². The Morgan fingerprint density at radius 2 is 2.11 bits per heavy atom. The molecule has 28 heavy (non-hydrogen) atoms. The predicted octanol–water partition coefficient (Wildman–Crippen LogP) is 4.43. The van der Waals surface area contributed by atoms with E-state index in [9.17, 15) is 4.79 Å². The van der Waals surface area contributed by atoms with E-state index in [1.54, 1.807) is 29.0 Å². The Morgan fingerprint density at radius 1 is 1.25 bits per heavy atom. The summed E-state index contributed by atoms with van der Waals surface area (Å²) in [6, 6.07) is 7.09. The van der Waals surface area contributed by atoms with Gasteiger partial charge in [0.2, 0.25) is 5.78 Å². The first kappa shape index (κ1) is 19.0. The van der Waals surface area contributed by atoms with E-state index in [1.807, 2.05) is 22.9 Å². The van der Waals surface area contributed by atoms with E-state index in [0.29, 0.717) is 45.1 Å². The normalized spacial score (nSPS) is 11.7. The van der Waals surface area contributed by atoms with Crippen LogP contribution in [-0.4, -0.2) is 23.9 Å². The number of nitrogens with zero attached hydrogens (tertiary/aromatic N) is 5. The van der Waals surface area contributed by atoms with Gasteiger partial charge in [-0.2, -0.15) is 0 Å². The SMILES string of the molecule is CC(C)CCn1c(SCc2cn3cccnc3n2)nc2cc(Cl)ccc2c1=O. The molecule has 0 amide bonds. The number of halogens is 1. The fourth-order valence-corrected chi connectivity index (χ4v) is 4.03. The summed E-state index contributed by atoms with van der Waals surface area (Å²) < 4.78 is 3.66. The number of hydrogen-bond acceptors (Lipinski definition) is 5. The molecule has 0 bridgehead atoms. The van der Waals surface area contributed by atoms with Gasteiger partial charge >= 0.3 is 0 Å². The molecule has 4 aromatic rings. The highest BCUT2D eigenvalue weighted by Crippen LogP contribution is 2.24. The van der Waals surface area contributed by atoms with E-state index >= 15 is 0 Å². The van der Waals surface area contributed by atoms with E-state index in [1.165, 1.54) is 11.8 Å². The lowest BCUT2D eigenvalue weighted by molar-refractivity contribution is 0.481. The van der Waals surface area contributed by atoms with Gasteiger partial charge < -0.3 is 0 Å². The number of benzene rings is 1. The molecule has 3 aromatic heterocycles. The number of fused-ring (bicyclic) bond motifs is 2. The average Bonchev–Trinajstić information content (AvgIpc) is 3.08. The summed E-state index contributed by atoms with van der Waals surface area (Å²) in [6.45, 7) is 4.93. The molecule has 0 unspecified atom stereocenters. The Bertz CT molecular complexity index is 1170. The molecule has 0 aliphatic rings. The Morgan fingerprint density at radius 3 is 2.89 bits per heavy atom. The summed E-state index contributed by atoms with van der Waals surface area (Å²) in [4.78, 5) is 26.6. The minimum atomic E-state index is -0.0264. The van der Waals surface area contributed by atoms with Crippen LogP contribution in [0.3, 0.4) is 0 Å². The molecule has 1 aromatic carbocycles. The molecule has 0 atom stereocenters. The van der Waals surface area contributed by atoms with Crippen molar-refractivity contribution in [3.63, 3.8) is 0 Å². The lowest BCUT2D eigenvalue weighted by Crippen LogP contribution is -2.24. The van der Waals surface area contributed by atoms with Crippen LogP contribution < -0.4 is 5.56 Å². The maximum Gasteiger partial charge on any atom is 0.262 e. The summed E-state index contributed by atoms with van der Waals surface area (Å²) >= 11 is 7.62. The van der Waals surface area contributed by atoms with Gasteiger partial charge in [-0.3, -0.25) is 13.8 Å². The van der Waals surface area contributed by atoms with Crippen molar-refractivity contribution < 1.29 is 0 Å². The highest BCUT2D eigenvalue weighted by molar-refractivity contribution is 7.98. The van der Waals surface area contributed by atoms with Gasteiger partial charge in [0.25, 0.3) is 5.56 Å². The smallest absolute Gasteiger partial charge is 0.262 e. The fourth-order valence-electron chi connectivity index (χ4n) is 2.96. The first-order valence-corrected chi connectivity index (χ1v) is 10.5. The minimum absolute atomic E-state index is 0.0264. The lowest BCUT2D eigenvalue weighted by Gasteiger charge is -2.14. The second kappa shape index (κ2) is 7.93. The van der Waals surface area contributed by atoms with E-state index in [2.05, 4.69) is 23.8 Å². The molecular weight excluding hydrogens is 394 g/mol. The molecule has 0 radical (unpaired) electrons. The van der Waals surface area contributed by atoms with E-state index in [-0.39, 0.29) is 5.56 Å². The molecule has 0 spiro atoms. The molecule has 0 N–H and O–H groups in total. The summed E-state index contributed by atoms with van der Waals surface area (Å²) in [5.74, 6) is 1.76. The van der Waals surface area contributed by atoms with Crippen LogP contribution in [0.25, 0.3) is 16.7 Å². The van der Waals surface area contributed by atoms with Gasteiger partial charge in [-0.1, -0.05) is 37.2 Å². The van der Waals surface area contributed by atoms with Gasteiger partial charge in [0.15, 0.2) is 5.16 Å². The topological polar surface area (TPSA) is 65.1 Å². The fraction of sp³-hybridized carbons (Fsp3) is 0.300. The molecular formula is C20H20ClN5OS. The molecule has 0 aliphatic carbocycles. The molecule has 8 heteroatoms. The first-order chi connectivity index (χ1) is 13.5. The standard InChI is InChI=1S/C20H20ClN5OS/c1-13(2)6-9-26-18(27)16-5-4-14(21)10-17(16)24-20(26)28-12-15-11-25-8-3-7-22-19(25)23-15/h3-5,7-8,10-11,13H,6,9,12H2,1-2H3. The number of imidazole rings is 1. The van der Waals surface area contributed by atoms with Crippen LogP contribution in [0.1, 0.15) is 26.0 Å². The number of thioether (sulfide) groups is 1. The largest absolute Gasteiger partial charge is 0.291 e. The Kier molecular flexibility index (Phi) is 5.37. The Labute approximate surface area is 171 Å². The Hall–Kier alpha value is -2.38. The minimum Gasteiger partial charge on any atom is -0.291 e. The van der Waals surface area contributed by atoms with Crippen LogP contribution in [0.4, 0.5) is 0 Å². The third-order valence-corrected chi connectivity index (χ3v) is 5.69. The zero-order chi connectivity index (χ0) is 19.7. The maximum absolute atomic E-state index is 13.1. The molecule has 0 aliphatic heterocycles. The zero-order valence-corrected chi connectivity index (χ0v) is 17.2. The quantitative estimate of drug-likeness (QED) is 0.345. The molecule has 3 heterocycles. The molecule has 4 rings (SSSR count). The second-order valence-electron chi connectivity index (χ2n) is 7.04. The molecule has 0 saturated carbocycles. The second-order valence-corrected chi connectivity index (χ2v) is 8.42. The first-order valence-electron chi connectivity index (χ1n) is 9.13. The number of rotatable bonds is 6. The van der Waals surface area contributed by atoms with Gasteiger partial charge in [0.1, 0.15) is 0 Å². The lowest BCUT2D eigenvalue weighted by atomic mass is 10.1. The van der Waals surface area contributed by atoms with Crippen LogP contribution in [0.5, 0.6) is 0 Å². The maximum atomic E-state index is 13.1. The van der Waals surface area contributed by atoms with Crippen LogP contribution in [0, 0.1) is 5.92 Å². The molecule has 144 valence electrons. The van der Waals surface area contributed by atoms with Crippen molar-refractivity contribution in [2.75, 3.05) is 0 Å². The van der Waals surface area contributed by atoms with Gasteiger partial charge in [-0.15, -0.1) is 0 Å². The van der Waals surface area contributed by atoms with Crippen molar-refractivity contribution in [3.8, 4) is 0 Å². The third-order valence-electron chi connectivity index (χ3n) is 4.45. The molecule has 0 saturated heterocycles.